The van der Waals surface area contributed by atoms with Crippen LogP contribution in [0.1, 0.15) is 40.0 Å². The smallest absolute Gasteiger partial charge is 0.326 e. The number of nitrogens with one attached hydrogen (secondary N) is 3. The molecular weight excluding hydrogens is 416 g/mol. The summed E-state index contributed by atoms with van der Waals surface area (Å²) in [6.45, 7) is 4.76. The number of amides is 3. The van der Waals surface area contributed by atoms with Gasteiger partial charge in [0.1, 0.15) is 18.1 Å². The van der Waals surface area contributed by atoms with Gasteiger partial charge in [0.25, 0.3) is 0 Å². The number of carboxylic acid groups (broad SMARTS) is 2. The fourth-order valence-electron chi connectivity index (χ4n) is 2.36. The molecule has 0 fully saturated rings. The lowest BCUT2D eigenvalue weighted by molar-refractivity contribution is -0.142. The van der Waals surface area contributed by atoms with Crippen molar-refractivity contribution in [2.45, 2.75) is 64.2 Å². The van der Waals surface area contributed by atoms with E-state index in [0.717, 1.165) is 0 Å². The lowest BCUT2D eigenvalue weighted by atomic mass is 10.0. The molecule has 30 heavy (non-hydrogen) atoms. The van der Waals surface area contributed by atoms with E-state index < -0.39 is 53.8 Å². The molecule has 0 aromatic heterocycles. The molecule has 0 aromatic rings. The molecular formula is C18H32N4O7S. The van der Waals surface area contributed by atoms with E-state index in [1.807, 2.05) is 6.26 Å². The van der Waals surface area contributed by atoms with Gasteiger partial charge in [-0.3, -0.25) is 19.2 Å². The van der Waals surface area contributed by atoms with Crippen LogP contribution in [0.4, 0.5) is 0 Å². The second-order valence-electron chi connectivity index (χ2n) is 7.18. The Labute approximate surface area is 179 Å². The summed E-state index contributed by atoms with van der Waals surface area (Å²) in [6, 6.07) is -4.20. The van der Waals surface area contributed by atoms with Crippen molar-refractivity contribution in [1.29, 1.82) is 0 Å². The number of aliphatic carboxylic acids is 2. The molecule has 0 radical (unpaired) electrons. The molecule has 0 spiro atoms. The summed E-state index contributed by atoms with van der Waals surface area (Å²) in [5.41, 5.74) is 5.66. The van der Waals surface area contributed by atoms with Gasteiger partial charge in [-0.25, -0.2) is 4.79 Å². The van der Waals surface area contributed by atoms with Crippen LogP contribution in [-0.2, 0) is 24.0 Å². The van der Waals surface area contributed by atoms with Gasteiger partial charge in [-0.05, 0) is 37.7 Å². The zero-order chi connectivity index (χ0) is 23.4. The highest BCUT2D eigenvalue weighted by Crippen LogP contribution is 2.05. The van der Waals surface area contributed by atoms with E-state index in [9.17, 15) is 29.1 Å². The van der Waals surface area contributed by atoms with Crippen LogP contribution in [0, 0.1) is 5.92 Å². The average Bonchev–Trinajstić information content (AvgIpc) is 2.65. The summed E-state index contributed by atoms with van der Waals surface area (Å²) >= 11 is 1.45. The van der Waals surface area contributed by atoms with Crippen molar-refractivity contribution in [2.24, 2.45) is 11.7 Å². The van der Waals surface area contributed by atoms with Gasteiger partial charge in [-0.15, -0.1) is 0 Å². The largest absolute Gasteiger partial charge is 0.481 e. The number of hydrogen-bond acceptors (Lipinski definition) is 7. The van der Waals surface area contributed by atoms with Crippen LogP contribution in [0.5, 0.6) is 0 Å². The molecule has 0 aliphatic carbocycles. The molecule has 0 aliphatic rings. The van der Waals surface area contributed by atoms with Crippen LogP contribution in [-0.4, -0.2) is 76.0 Å². The number of carbonyl (C=O) groups is 5. The predicted molar refractivity (Wildman–Crippen MR) is 112 cm³/mol. The molecule has 0 bridgehead atoms. The van der Waals surface area contributed by atoms with Crippen LogP contribution in [0.2, 0.25) is 0 Å². The van der Waals surface area contributed by atoms with Crippen molar-refractivity contribution in [3.8, 4) is 0 Å². The second-order valence-corrected chi connectivity index (χ2v) is 8.17. The fourth-order valence-corrected chi connectivity index (χ4v) is 2.84. The standard InChI is InChI=1S/C18H32N4O7S/c1-9(2)14(22-16(26)11(19)5-6-13(23)24)17(27)20-10(3)15(25)21-12(18(28)29)7-8-30-4/h9-12,14H,5-8,19H2,1-4H3,(H,20,27)(H,21,25)(H,22,26)(H,23,24)(H,28,29). The molecule has 172 valence electrons. The summed E-state index contributed by atoms with van der Waals surface area (Å²) < 4.78 is 0. The number of carbonyl (C=O) groups excluding carboxylic acids is 3. The maximum absolute atomic E-state index is 12.6. The molecule has 3 amide bonds. The molecule has 0 aliphatic heterocycles. The minimum absolute atomic E-state index is 0.0843. The Morgan fingerprint density at radius 1 is 0.900 bits per heavy atom. The highest BCUT2D eigenvalue weighted by atomic mass is 32.2. The van der Waals surface area contributed by atoms with Gasteiger partial charge < -0.3 is 31.9 Å². The summed E-state index contributed by atoms with van der Waals surface area (Å²) in [5.74, 6) is -4.03. The van der Waals surface area contributed by atoms with Gasteiger partial charge in [0.15, 0.2) is 0 Å². The van der Waals surface area contributed by atoms with Gasteiger partial charge >= 0.3 is 11.9 Å². The lowest BCUT2D eigenvalue weighted by Crippen LogP contribution is -2.57. The van der Waals surface area contributed by atoms with Crippen molar-refractivity contribution in [1.82, 2.24) is 16.0 Å². The molecule has 0 saturated heterocycles. The van der Waals surface area contributed by atoms with E-state index in [0.29, 0.717) is 5.75 Å². The normalized spacial score (nSPS) is 14.9. The molecule has 0 heterocycles. The Kier molecular flexibility index (Phi) is 12.7. The summed E-state index contributed by atoms with van der Waals surface area (Å²) in [4.78, 5) is 58.8. The number of rotatable bonds is 14. The van der Waals surface area contributed by atoms with Crippen LogP contribution >= 0.6 is 11.8 Å². The third-order valence-electron chi connectivity index (χ3n) is 4.23. The predicted octanol–water partition coefficient (Wildman–Crippen LogP) is -0.853. The number of carboxylic acids is 2. The summed E-state index contributed by atoms with van der Waals surface area (Å²) in [7, 11) is 0. The first-order valence-electron chi connectivity index (χ1n) is 9.50. The highest BCUT2D eigenvalue weighted by Gasteiger charge is 2.30. The molecule has 11 nitrogen and oxygen atoms in total. The molecule has 0 aromatic carbocycles. The van der Waals surface area contributed by atoms with E-state index in [1.165, 1.54) is 18.7 Å². The van der Waals surface area contributed by atoms with Crippen LogP contribution in [0.3, 0.4) is 0 Å². The Balaban J connectivity index is 4.92. The Morgan fingerprint density at radius 3 is 1.97 bits per heavy atom. The Bertz CT molecular complexity index is 630. The van der Waals surface area contributed by atoms with Crippen LogP contribution < -0.4 is 21.7 Å². The zero-order valence-electron chi connectivity index (χ0n) is 17.6. The monoisotopic (exact) mass is 448 g/mol. The van der Waals surface area contributed by atoms with Crippen molar-refractivity contribution in [2.75, 3.05) is 12.0 Å². The van der Waals surface area contributed by atoms with E-state index in [2.05, 4.69) is 16.0 Å². The van der Waals surface area contributed by atoms with Gasteiger partial charge in [0.05, 0.1) is 6.04 Å². The van der Waals surface area contributed by atoms with E-state index >= 15 is 0 Å². The third-order valence-corrected chi connectivity index (χ3v) is 4.87. The Hall–Kier alpha value is -2.34. The fraction of sp³-hybridized carbons (Fsp3) is 0.722. The first-order chi connectivity index (χ1) is 13.9. The van der Waals surface area contributed by atoms with Crippen molar-refractivity contribution in [3.63, 3.8) is 0 Å². The minimum Gasteiger partial charge on any atom is -0.481 e. The molecule has 12 heteroatoms. The van der Waals surface area contributed by atoms with Gasteiger partial charge in [0.2, 0.25) is 17.7 Å². The number of hydrogen-bond donors (Lipinski definition) is 6. The van der Waals surface area contributed by atoms with E-state index in [-0.39, 0.29) is 25.2 Å². The van der Waals surface area contributed by atoms with Crippen LogP contribution in [0.15, 0.2) is 0 Å². The molecule has 4 atom stereocenters. The van der Waals surface area contributed by atoms with Crippen LogP contribution in [0.25, 0.3) is 0 Å². The average molecular weight is 449 g/mol. The molecule has 0 saturated carbocycles. The van der Waals surface area contributed by atoms with Gasteiger partial charge in [-0.2, -0.15) is 11.8 Å². The quantitative estimate of drug-likeness (QED) is 0.197. The highest BCUT2D eigenvalue weighted by molar-refractivity contribution is 7.98. The third kappa shape index (κ3) is 10.4. The van der Waals surface area contributed by atoms with Crippen molar-refractivity contribution in [3.05, 3.63) is 0 Å². The van der Waals surface area contributed by atoms with Crippen molar-refractivity contribution >= 4 is 41.4 Å². The maximum Gasteiger partial charge on any atom is 0.326 e. The van der Waals surface area contributed by atoms with E-state index in [1.54, 1.807) is 13.8 Å². The van der Waals surface area contributed by atoms with E-state index in [4.69, 9.17) is 10.8 Å². The zero-order valence-corrected chi connectivity index (χ0v) is 18.5. The number of thioether (sulfide) groups is 1. The molecule has 7 N–H and O–H groups in total. The maximum atomic E-state index is 12.6. The lowest BCUT2D eigenvalue weighted by Gasteiger charge is -2.25. The number of nitrogens with two attached hydrogens (primary N) is 1. The summed E-state index contributed by atoms with van der Waals surface area (Å²) in [5, 5.41) is 25.2. The van der Waals surface area contributed by atoms with Crippen molar-refractivity contribution < 1.29 is 34.2 Å². The second kappa shape index (κ2) is 13.8. The topological polar surface area (TPSA) is 188 Å². The first kappa shape index (κ1) is 27.7. The van der Waals surface area contributed by atoms with Gasteiger partial charge in [-0.1, -0.05) is 13.8 Å². The SMILES string of the molecule is CSCCC(NC(=O)C(C)NC(=O)C(NC(=O)C(N)CCC(=O)O)C(C)C)C(=O)O. The summed E-state index contributed by atoms with van der Waals surface area (Å²) in [6.07, 6.45) is 1.68. The van der Waals surface area contributed by atoms with Gasteiger partial charge in [0, 0.05) is 6.42 Å². The first-order valence-corrected chi connectivity index (χ1v) is 10.9. The Morgan fingerprint density at radius 2 is 1.50 bits per heavy atom. The minimum atomic E-state index is -1.17. The molecule has 0 rings (SSSR count). The molecule has 4 unspecified atom stereocenters.